The first-order valence-corrected chi connectivity index (χ1v) is 7.72. The van der Waals surface area contributed by atoms with Gasteiger partial charge in [0.15, 0.2) is 5.16 Å². The zero-order chi connectivity index (χ0) is 14.8. The molecule has 0 unspecified atom stereocenters. The Labute approximate surface area is 125 Å². The van der Waals surface area contributed by atoms with Crippen LogP contribution in [0.15, 0.2) is 29.4 Å². The highest BCUT2D eigenvalue weighted by atomic mass is 32.2. The van der Waals surface area contributed by atoms with Crippen LogP contribution >= 0.6 is 11.8 Å². The van der Waals surface area contributed by atoms with Crippen molar-refractivity contribution >= 4 is 17.7 Å². The fourth-order valence-corrected chi connectivity index (χ4v) is 2.76. The Bertz CT molecular complexity index is 651. The van der Waals surface area contributed by atoms with Crippen molar-refractivity contribution in [2.75, 3.05) is 5.75 Å². The lowest BCUT2D eigenvalue weighted by Crippen LogP contribution is -2.27. The molecule has 1 heterocycles. The van der Waals surface area contributed by atoms with E-state index in [-0.39, 0.29) is 11.7 Å². The zero-order valence-corrected chi connectivity index (χ0v) is 12.4. The van der Waals surface area contributed by atoms with Gasteiger partial charge in [0, 0.05) is 11.7 Å². The third kappa shape index (κ3) is 3.41. The third-order valence-electron chi connectivity index (χ3n) is 3.15. The summed E-state index contributed by atoms with van der Waals surface area (Å²) >= 11 is 1.33. The lowest BCUT2D eigenvalue weighted by molar-refractivity contribution is -0.118. The van der Waals surface area contributed by atoms with E-state index in [0.29, 0.717) is 22.8 Å². The number of carbonyl (C=O) groups excluding carboxylic acids is 1. The fourth-order valence-electron chi connectivity index (χ4n) is 1.95. The number of aromatic nitrogens is 3. The Morgan fingerprint density at radius 3 is 2.76 bits per heavy atom. The number of nitrogens with one attached hydrogen (secondary N) is 1. The molecule has 0 bridgehead atoms. The van der Waals surface area contributed by atoms with E-state index in [1.54, 1.807) is 12.1 Å². The van der Waals surface area contributed by atoms with Gasteiger partial charge in [-0.25, -0.2) is 4.39 Å². The van der Waals surface area contributed by atoms with Crippen LogP contribution in [-0.2, 0) is 4.79 Å². The predicted molar refractivity (Wildman–Crippen MR) is 77.9 cm³/mol. The number of nitrogens with zero attached hydrogens (tertiary/aromatic N) is 3. The minimum Gasteiger partial charge on any atom is -0.353 e. The molecule has 1 aliphatic rings. The normalized spacial score (nSPS) is 14.2. The summed E-state index contributed by atoms with van der Waals surface area (Å²) in [6.45, 7) is 1.82. The Morgan fingerprint density at radius 2 is 2.10 bits per heavy atom. The first-order valence-electron chi connectivity index (χ1n) is 6.73. The van der Waals surface area contributed by atoms with Gasteiger partial charge in [-0.3, -0.25) is 9.36 Å². The van der Waals surface area contributed by atoms with Gasteiger partial charge in [0.05, 0.1) is 5.75 Å². The van der Waals surface area contributed by atoms with Crippen LogP contribution in [-0.4, -0.2) is 32.5 Å². The predicted octanol–water partition coefficient (Wildman–Crippen LogP) is 2.09. The van der Waals surface area contributed by atoms with Gasteiger partial charge in [-0.15, -0.1) is 10.2 Å². The van der Waals surface area contributed by atoms with E-state index in [4.69, 9.17) is 0 Å². The van der Waals surface area contributed by atoms with Gasteiger partial charge in [-0.1, -0.05) is 11.8 Å². The van der Waals surface area contributed by atoms with Gasteiger partial charge in [-0.05, 0) is 44.0 Å². The largest absolute Gasteiger partial charge is 0.353 e. The minimum absolute atomic E-state index is 0.00816. The molecule has 2 aromatic rings. The molecule has 21 heavy (non-hydrogen) atoms. The summed E-state index contributed by atoms with van der Waals surface area (Å²) in [7, 11) is 0. The van der Waals surface area contributed by atoms with Crippen molar-refractivity contribution in [3.8, 4) is 5.69 Å². The molecule has 1 aromatic heterocycles. The molecule has 5 nitrogen and oxygen atoms in total. The molecule has 0 atom stereocenters. The third-order valence-corrected chi connectivity index (χ3v) is 4.08. The number of hydrogen-bond donors (Lipinski definition) is 1. The highest BCUT2D eigenvalue weighted by molar-refractivity contribution is 7.99. The number of benzene rings is 1. The molecule has 1 N–H and O–H groups in total. The summed E-state index contributed by atoms with van der Waals surface area (Å²) < 4.78 is 14.8. The van der Waals surface area contributed by atoms with Gasteiger partial charge in [0.1, 0.15) is 11.6 Å². The molecule has 110 valence electrons. The molecule has 0 saturated heterocycles. The molecule has 1 aromatic carbocycles. The van der Waals surface area contributed by atoms with Crippen molar-refractivity contribution in [2.24, 2.45) is 0 Å². The van der Waals surface area contributed by atoms with E-state index in [1.165, 1.54) is 23.9 Å². The lowest BCUT2D eigenvalue weighted by Gasteiger charge is -2.08. The van der Waals surface area contributed by atoms with E-state index in [0.717, 1.165) is 18.5 Å². The highest BCUT2D eigenvalue weighted by Gasteiger charge is 2.23. The standard InChI is InChI=1S/C14H15FN4OS/c1-9-17-18-14(21-8-13(20)16-11-4-5-11)19(9)12-6-2-10(15)3-7-12/h2-3,6-7,11H,4-5,8H2,1H3,(H,16,20). The van der Waals surface area contributed by atoms with Crippen LogP contribution in [0.1, 0.15) is 18.7 Å². The van der Waals surface area contributed by atoms with Crippen molar-refractivity contribution in [3.63, 3.8) is 0 Å². The lowest BCUT2D eigenvalue weighted by atomic mass is 10.3. The maximum absolute atomic E-state index is 13.0. The quantitative estimate of drug-likeness (QED) is 0.859. The van der Waals surface area contributed by atoms with E-state index in [9.17, 15) is 9.18 Å². The second kappa shape index (κ2) is 5.85. The maximum atomic E-state index is 13.0. The Kier molecular flexibility index (Phi) is 3.92. The number of hydrogen-bond acceptors (Lipinski definition) is 4. The molecule has 3 rings (SSSR count). The topological polar surface area (TPSA) is 59.8 Å². The van der Waals surface area contributed by atoms with E-state index >= 15 is 0 Å². The molecule has 0 spiro atoms. The van der Waals surface area contributed by atoms with Gasteiger partial charge in [0.2, 0.25) is 5.91 Å². The molecular weight excluding hydrogens is 291 g/mol. The van der Waals surface area contributed by atoms with E-state index < -0.39 is 0 Å². The monoisotopic (exact) mass is 306 g/mol. The molecule has 1 amide bonds. The van der Waals surface area contributed by atoms with Crippen molar-refractivity contribution in [2.45, 2.75) is 31.0 Å². The summed E-state index contributed by atoms with van der Waals surface area (Å²) in [6.07, 6.45) is 2.14. The second-order valence-corrected chi connectivity index (χ2v) is 5.91. The van der Waals surface area contributed by atoms with Crippen LogP contribution in [0.4, 0.5) is 4.39 Å². The van der Waals surface area contributed by atoms with Crippen LogP contribution in [0.3, 0.4) is 0 Å². The Morgan fingerprint density at radius 1 is 1.38 bits per heavy atom. The van der Waals surface area contributed by atoms with Crippen molar-refractivity contribution in [1.29, 1.82) is 0 Å². The minimum atomic E-state index is -0.289. The summed E-state index contributed by atoms with van der Waals surface area (Å²) in [5, 5.41) is 11.7. The van der Waals surface area contributed by atoms with E-state index in [1.807, 2.05) is 11.5 Å². The number of thioether (sulfide) groups is 1. The summed E-state index contributed by atoms with van der Waals surface area (Å²) in [6, 6.07) is 6.47. The van der Waals surface area contributed by atoms with Crippen molar-refractivity contribution < 1.29 is 9.18 Å². The number of rotatable bonds is 5. The number of amides is 1. The fraction of sp³-hybridized carbons (Fsp3) is 0.357. The van der Waals surface area contributed by atoms with Gasteiger partial charge in [-0.2, -0.15) is 0 Å². The van der Waals surface area contributed by atoms with Gasteiger partial charge < -0.3 is 5.32 Å². The van der Waals surface area contributed by atoms with Crippen LogP contribution in [0.25, 0.3) is 5.69 Å². The summed E-state index contributed by atoms with van der Waals surface area (Å²) in [4.78, 5) is 11.7. The van der Waals surface area contributed by atoms with Gasteiger partial charge in [0.25, 0.3) is 0 Å². The van der Waals surface area contributed by atoms with Crippen LogP contribution in [0.2, 0.25) is 0 Å². The molecular formula is C14H15FN4OS. The van der Waals surface area contributed by atoms with Crippen LogP contribution in [0.5, 0.6) is 0 Å². The first kappa shape index (κ1) is 14.1. The summed E-state index contributed by atoms with van der Waals surface area (Å²) in [5.74, 6) is 0.721. The van der Waals surface area contributed by atoms with Crippen molar-refractivity contribution in [1.82, 2.24) is 20.1 Å². The zero-order valence-electron chi connectivity index (χ0n) is 11.5. The number of carbonyl (C=O) groups is 1. The molecule has 1 aliphatic carbocycles. The van der Waals surface area contributed by atoms with Crippen molar-refractivity contribution in [3.05, 3.63) is 35.9 Å². The first-order chi connectivity index (χ1) is 10.1. The molecule has 7 heteroatoms. The molecule has 1 fully saturated rings. The molecule has 0 aliphatic heterocycles. The summed E-state index contributed by atoms with van der Waals surface area (Å²) in [5.41, 5.74) is 0.781. The highest BCUT2D eigenvalue weighted by Crippen LogP contribution is 2.23. The molecule has 0 radical (unpaired) electrons. The Hall–Kier alpha value is -1.89. The Balaban J connectivity index is 1.73. The SMILES string of the molecule is Cc1nnc(SCC(=O)NC2CC2)n1-c1ccc(F)cc1. The van der Waals surface area contributed by atoms with Crippen LogP contribution in [0, 0.1) is 12.7 Å². The number of aryl methyl sites for hydroxylation is 1. The second-order valence-electron chi connectivity index (χ2n) is 4.97. The van der Waals surface area contributed by atoms with E-state index in [2.05, 4.69) is 15.5 Å². The maximum Gasteiger partial charge on any atom is 0.230 e. The average Bonchev–Trinajstić information content (AvgIpc) is 3.20. The average molecular weight is 306 g/mol. The van der Waals surface area contributed by atoms with Gasteiger partial charge >= 0.3 is 0 Å². The smallest absolute Gasteiger partial charge is 0.230 e. The number of halogens is 1. The molecule has 1 saturated carbocycles. The van der Waals surface area contributed by atoms with Crippen LogP contribution < -0.4 is 5.32 Å².